The van der Waals surface area contributed by atoms with Crippen LogP contribution in [-0.4, -0.2) is 35.4 Å². The first-order valence-corrected chi connectivity index (χ1v) is 12.6. The zero-order valence-electron chi connectivity index (χ0n) is 18.4. The highest BCUT2D eigenvalue weighted by Crippen LogP contribution is 2.56. The average Bonchev–Trinajstić information content (AvgIpc) is 3.73. The molecule has 3 fully saturated rings. The van der Waals surface area contributed by atoms with Gasteiger partial charge in [-0.05, 0) is 61.1 Å². The van der Waals surface area contributed by atoms with Crippen LogP contribution in [0.4, 0.5) is 8.78 Å². The van der Waals surface area contributed by atoms with Crippen LogP contribution in [0.3, 0.4) is 0 Å². The molecule has 170 valence electrons. The van der Waals surface area contributed by atoms with E-state index in [9.17, 15) is 9.18 Å². The molecule has 1 saturated heterocycles. The van der Waals surface area contributed by atoms with Crippen molar-refractivity contribution in [2.24, 2.45) is 17.3 Å². The third kappa shape index (κ3) is 4.08. The highest BCUT2D eigenvalue weighted by Gasteiger charge is 2.61. The molecule has 1 amide bonds. The van der Waals surface area contributed by atoms with Gasteiger partial charge in [0, 0.05) is 29.5 Å². The minimum absolute atomic E-state index is 0.000710. The molecule has 1 spiro atoms. The van der Waals surface area contributed by atoms with E-state index >= 15 is 4.39 Å². The third-order valence-electron chi connectivity index (χ3n) is 7.68. The smallest absolute Gasteiger partial charge is 0.226 e. The fraction of sp³-hybridized carbons (Fsp3) is 0.500. The SMILES string of the molecule is CC(C(=O)N1CC2(CC2)C(NSCF)C1Cc1cccc(-c2ccccc2)c1F)C1CC1. The van der Waals surface area contributed by atoms with Crippen molar-refractivity contribution in [2.75, 3.05) is 12.6 Å². The summed E-state index contributed by atoms with van der Waals surface area (Å²) in [5, 5.41) is 0. The van der Waals surface area contributed by atoms with Gasteiger partial charge in [0.25, 0.3) is 0 Å². The van der Waals surface area contributed by atoms with Crippen molar-refractivity contribution in [2.45, 2.75) is 51.1 Å². The molecular formula is C26H30F2N2OS. The summed E-state index contributed by atoms with van der Waals surface area (Å²) in [6.07, 6.45) is 4.72. The van der Waals surface area contributed by atoms with Gasteiger partial charge < -0.3 is 4.90 Å². The number of likely N-dealkylation sites (tertiary alicyclic amines) is 1. The zero-order valence-corrected chi connectivity index (χ0v) is 19.2. The maximum Gasteiger partial charge on any atom is 0.226 e. The van der Waals surface area contributed by atoms with Crippen molar-refractivity contribution >= 4 is 17.9 Å². The number of carbonyl (C=O) groups is 1. The van der Waals surface area contributed by atoms with Crippen molar-refractivity contribution in [1.29, 1.82) is 0 Å². The summed E-state index contributed by atoms with van der Waals surface area (Å²) in [5.74, 6) is 0.429. The summed E-state index contributed by atoms with van der Waals surface area (Å²) in [6, 6.07) is 14.3. The lowest BCUT2D eigenvalue weighted by atomic mass is 9.91. The molecule has 32 heavy (non-hydrogen) atoms. The van der Waals surface area contributed by atoms with Crippen LogP contribution in [0, 0.1) is 23.1 Å². The highest BCUT2D eigenvalue weighted by molar-refractivity contribution is 7.97. The molecule has 2 aromatic rings. The minimum Gasteiger partial charge on any atom is -0.337 e. The highest BCUT2D eigenvalue weighted by atomic mass is 32.2. The zero-order chi connectivity index (χ0) is 22.3. The Morgan fingerprint density at radius 1 is 1.19 bits per heavy atom. The molecular weight excluding hydrogens is 426 g/mol. The van der Waals surface area contributed by atoms with Crippen molar-refractivity contribution in [1.82, 2.24) is 9.62 Å². The number of amides is 1. The summed E-state index contributed by atoms with van der Waals surface area (Å²) in [5.41, 5.74) is 2.03. The molecule has 1 heterocycles. The number of alkyl halides is 1. The monoisotopic (exact) mass is 456 g/mol. The fourth-order valence-electron chi connectivity index (χ4n) is 5.43. The second kappa shape index (κ2) is 8.79. The van der Waals surface area contributed by atoms with Crippen LogP contribution < -0.4 is 4.72 Å². The lowest BCUT2D eigenvalue weighted by molar-refractivity contribution is -0.136. The molecule has 0 aromatic heterocycles. The molecule has 0 bridgehead atoms. The maximum absolute atomic E-state index is 15.6. The van der Waals surface area contributed by atoms with E-state index in [4.69, 9.17) is 0 Å². The largest absolute Gasteiger partial charge is 0.337 e. The minimum atomic E-state index is -0.524. The van der Waals surface area contributed by atoms with Gasteiger partial charge in [0.1, 0.15) is 11.8 Å². The van der Waals surface area contributed by atoms with Crippen molar-refractivity contribution in [3.8, 4) is 11.1 Å². The molecule has 2 aromatic carbocycles. The average molecular weight is 457 g/mol. The van der Waals surface area contributed by atoms with Gasteiger partial charge in [0.15, 0.2) is 0 Å². The summed E-state index contributed by atoms with van der Waals surface area (Å²) >= 11 is 1.06. The van der Waals surface area contributed by atoms with E-state index in [-0.39, 0.29) is 35.1 Å². The maximum atomic E-state index is 15.6. The Morgan fingerprint density at radius 2 is 1.94 bits per heavy atom. The first-order chi connectivity index (χ1) is 15.5. The quantitative estimate of drug-likeness (QED) is 0.525. The molecule has 6 heteroatoms. The lowest BCUT2D eigenvalue weighted by Crippen LogP contribution is -2.47. The number of nitrogens with one attached hydrogen (secondary N) is 1. The molecule has 1 aliphatic heterocycles. The van der Waals surface area contributed by atoms with Crippen molar-refractivity contribution in [3.05, 3.63) is 59.9 Å². The Hall–Kier alpha value is -1.92. The Kier molecular flexibility index (Phi) is 6.01. The van der Waals surface area contributed by atoms with Gasteiger partial charge in [-0.3, -0.25) is 9.52 Å². The molecule has 3 atom stereocenters. The van der Waals surface area contributed by atoms with E-state index in [0.29, 0.717) is 30.0 Å². The predicted octanol–water partition coefficient (Wildman–Crippen LogP) is 5.61. The van der Waals surface area contributed by atoms with Crippen LogP contribution in [0.25, 0.3) is 11.1 Å². The molecule has 3 nitrogen and oxygen atoms in total. The Labute approximate surface area is 193 Å². The first-order valence-electron chi connectivity index (χ1n) is 11.6. The van der Waals surface area contributed by atoms with E-state index < -0.39 is 6.01 Å². The summed E-state index contributed by atoms with van der Waals surface area (Å²) in [7, 11) is 0. The van der Waals surface area contributed by atoms with Gasteiger partial charge in [-0.15, -0.1) is 0 Å². The summed E-state index contributed by atoms with van der Waals surface area (Å²) in [6.45, 7) is 2.72. The number of hydrogen-bond donors (Lipinski definition) is 1. The summed E-state index contributed by atoms with van der Waals surface area (Å²) < 4.78 is 32.0. The predicted molar refractivity (Wildman–Crippen MR) is 125 cm³/mol. The van der Waals surface area contributed by atoms with Crippen LogP contribution in [0.5, 0.6) is 0 Å². The van der Waals surface area contributed by atoms with Crippen LogP contribution in [0.2, 0.25) is 0 Å². The van der Waals surface area contributed by atoms with E-state index in [1.54, 1.807) is 6.07 Å². The lowest BCUT2D eigenvalue weighted by Gasteiger charge is -2.31. The Bertz CT molecular complexity index is 977. The van der Waals surface area contributed by atoms with Gasteiger partial charge in [-0.1, -0.05) is 55.5 Å². The van der Waals surface area contributed by atoms with E-state index in [2.05, 4.69) is 4.72 Å². The van der Waals surface area contributed by atoms with Crippen LogP contribution in [0.1, 0.15) is 38.2 Å². The number of nitrogens with zero attached hydrogens (tertiary/aromatic N) is 1. The molecule has 5 rings (SSSR count). The molecule has 0 radical (unpaired) electrons. The van der Waals surface area contributed by atoms with E-state index in [0.717, 1.165) is 43.2 Å². The number of carbonyl (C=O) groups excluding carboxylic acids is 1. The number of benzene rings is 2. The van der Waals surface area contributed by atoms with Gasteiger partial charge in [0.05, 0.1) is 6.04 Å². The van der Waals surface area contributed by atoms with E-state index in [1.165, 1.54) is 0 Å². The van der Waals surface area contributed by atoms with Crippen molar-refractivity contribution < 1.29 is 13.6 Å². The molecule has 1 N–H and O–H groups in total. The van der Waals surface area contributed by atoms with Crippen LogP contribution in [0.15, 0.2) is 48.5 Å². The first kappa shape index (κ1) is 21.9. The summed E-state index contributed by atoms with van der Waals surface area (Å²) in [4.78, 5) is 15.5. The van der Waals surface area contributed by atoms with Crippen molar-refractivity contribution in [3.63, 3.8) is 0 Å². The molecule has 2 aliphatic carbocycles. The standard InChI is InChI=1S/C26H30F2N2OS/c1-17(18-10-11-18)25(31)30-15-26(12-13-26)24(29-32-16-27)22(30)14-20-8-5-9-21(23(20)28)19-6-3-2-4-7-19/h2-9,17-18,22,24,29H,10-16H2,1H3. The fourth-order valence-corrected chi connectivity index (χ4v) is 6.08. The Balaban J connectivity index is 1.46. The molecule has 3 unspecified atom stereocenters. The number of rotatable bonds is 8. The number of hydrogen-bond acceptors (Lipinski definition) is 3. The topological polar surface area (TPSA) is 32.3 Å². The Morgan fingerprint density at radius 3 is 2.59 bits per heavy atom. The van der Waals surface area contributed by atoms with Gasteiger partial charge in [-0.2, -0.15) is 0 Å². The second-order valence-electron chi connectivity index (χ2n) is 9.72. The number of halogens is 2. The van der Waals surface area contributed by atoms with Gasteiger partial charge >= 0.3 is 0 Å². The molecule has 2 saturated carbocycles. The molecule has 3 aliphatic rings. The normalized spacial score (nSPS) is 24.7. The van der Waals surface area contributed by atoms with Gasteiger partial charge in [0.2, 0.25) is 5.91 Å². The van der Waals surface area contributed by atoms with E-state index in [1.807, 2.05) is 54.3 Å². The van der Waals surface area contributed by atoms with Gasteiger partial charge in [-0.25, -0.2) is 8.78 Å². The third-order valence-corrected chi connectivity index (χ3v) is 8.21. The second-order valence-corrected chi connectivity index (χ2v) is 10.5. The van der Waals surface area contributed by atoms with Crippen LogP contribution >= 0.6 is 11.9 Å². The van der Waals surface area contributed by atoms with Crippen LogP contribution in [-0.2, 0) is 11.2 Å².